The van der Waals surface area contributed by atoms with Crippen molar-refractivity contribution >= 4 is 6.16 Å². The summed E-state index contributed by atoms with van der Waals surface area (Å²) in [5.74, 6) is 0. The van der Waals surface area contributed by atoms with Crippen LogP contribution in [0.25, 0.3) is 0 Å². The van der Waals surface area contributed by atoms with Crippen LogP contribution in [0, 0.1) is 10.1 Å². The van der Waals surface area contributed by atoms with Crippen molar-refractivity contribution < 1.29 is 53.0 Å². The van der Waals surface area contributed by atoms with Gasteiger partial charge in [0.25, 0.3) is 5.09 Å². The van der Waals surface area contributed by atoms with E-state index in [4.69, 9.17) is 30.3 Å². The average molecular weight is 217 g/mol. The van der Waals surface area contributed by atoms with E-state index in [0.717, 1.165) is 0 Å². The predicted molar refractivity (Wildman–Crippen MR) is 19.7 cm³/mol. The summed E-state index contributed by atoms with van der Waals surface area (Å²) in [5, 5.41) is 30.3. The second-order valence-corrected chi connectivity index (χ2v) is 0.488. The summed E-state index contributed by atoms with van der Waals surface area (Å²) in [5.41, 5.74) is 0. The van der Waals surface area contributed by atoms with Crippen molar-refractivity contribution in [2.75, 3.05) is 0 Å². The van der Waals surface area contributed by atoms with Crippen LogP contribution in [-0.2, 0) is 16.8 Å². The fraction of sp³-hybridized carbons (Fsp3) is 0. The predicted octanol–water partition coefficient (Wildman–Crippen LogP) is -3.80. The Labute approximate surface area is 70.2 Å². The van der Waals surface area contributed by atoms with Crippen molar-refractivity contribution in [2.45, 2.75) is 0 Å². The molecule has 0 aliphatic carbocycles. The van der Waals surface area contributed by atoms with Gasteiger partial charge in [-0.1, -0.05) is 0 Å². The van der Waals surface area contributed by atoms with Gasteiger partial charge < -0.3 is 31.2 Å². The van der Waals surface area contributed by atoms with E-state index in [0.29, 0.717) is 0 Å². The summed E-state index contributed by atoms with van der Waals surface area (Å²) in [6, 6.07) is 0. The molecule has 73 valence electrons. The summed E-state index contributed by atoms with van der Waals surface area (Å²) in [6.07, 6.45) is -2.33. The third-order valence-electron chi connectivity index (χ3n) is 0. The van der Waals surface area contributed by atoms with Crippen molar-refractivity contribution in [3.63, 3.8) is 0 Å². The van der Waals surface area contributed by atoms with E-state index in [1.165, 1.54) is 0 Å². The molecule has 9 nitrogen and oxygen atoms in total. The largest absolute Gasteiger partial charge is 0.870 e. The Morgan fingerprint density at radius 3 is 1.36 bits per heavy atom. The molecule has 0 aromatic carbocycles. The van der Waals surface area contributed by atoms with Crippen molar-refractivity contribution in [1.82, 2.24) is 0 Å². The zero-order valence-corrected chi connectivity index (χ0v) is 5.76. The van der Waals surface area contributed by atoms with Crippen LogP contribution in [0.2, 0.25) is 0 Å². The molecule has 0 amide bonds. The van der Waals surface area contributed by atoms with Crippen LogP contribution in [0.5, 0.6) is 0 Å². The number of rotatable bonds is 0. The minimum Gasteiger partial charge on any atom is -0.870 e. The van der Waals surface area contributed by atoms with Gasteiger partial charge in [-0.05, 0) is 6.16 Å². The molecular formula is CH4CoNO8-3. The Morgan fingerprint density at radius 1 is 1.36 bits per heavy atom. The van der Waals surface area contributed by atoms with Crippen LogP contribution in [0.1, 0.15) is 0 Å². The second kappa shape index (κ2) is 23.1. The third kappa shape index (κ3) is 347. The minimum atomic E-state index is -2.33. The fourth-order valence-electron chi connectivity index (χ4n) is 0. The molecule has 1 radical (unpaired) electrons. The molecule has 0 saturated carbocycles. The molecule has 0 heterocycles. The van der Waals surface area contributed by atoms with Gasteiger partial charge in [0.15, 0.2) is 0 Å². The Hall–Kier alpha value is -1.10. The Balaban J connectivity index is -0.0000000171. The van der Waals surface area contributed by atoms with Crippen LogP contribution in [0.15, 0.2) is 0 Å². The smallest absolute Gasteiger partial charge is 0.291 e. The van der Waals surface area contributed by atoms with Crippen molar-refractivity contribution in [1.29, 1.82) is 0 Å². The number of hydrogen-bond acceptors (Lipinski definition) is 6. The SMILES string of the molecule is O.O=C([O-])[O-].O=[N+]([O-])O.[Co].[OH-]. The maximum atomic E-state index is 8.36. The van der Waals surface area contributed by atoms with Gasteiger partial charge in [-0.3, -0.25) is 0 Å². The minimum absolute atomic E-state index is 0. The molecule has 10 heteroatoms. The van der Waals surface area contributed by atoms with Crippen LogP contribution in [0.3, 0.4) is 0 Å². The molecule has 0 aromatic heterocycles. The van der Waals surface area contributed by atoms with Crippen molar-refractivity contribution in [2.24, 2.45) is 0 Å². The fourth-order valence-corrected chi connectivity index (χ4v) is 0. The molecule has 0 aromatic rings. The van der Waals surface area contributed by atoms with Crippen molar-refractivity contribution in [3.05, 3.63) is 10.1 Å². The monoisotopic (exact) mass is 217 g/mol. The van der Waals surface area contributed by atoms with Gasteiger partial charge in [0, 0.05) is 16.8 Å². The molecule has 0 bridgehead atoms. The summed E-state index contributed by atoms with van der Waals surface area (Å²) in [7, 11) is 0. The summed E-state index contributed by atoms with van der Waals surface area (Å²) < 4.78 is 0. The molecule has 4 N–H and O–H groups in total. The van der Waals surface area contributed by atoms with Gasteiger partial charge in [0.1, 0.15) is 0 Å². The van der Waals surface area contributed by atoms with E-state index in [9.17, 15) is 0 Å². The number of hydrogen-bond donors (Lipinski definition) is 1. The zero-order chi connectivity index (χ0) is 7.15. The first-order valence-electron chi connectivity index (χ1n) is 1.18. The number of nitrogens with zero attached hydrogens (tertiary/aromatic N) is 1. The van der Waals surface area contributed by atoms with Crippen LogP contribution in [-0.4, -0.2) is 27.4 Å². The van der Waals surface area contributed by atoms with E-state index in [2.05, 4.69) is 0 Å². The van der Waals surface area contributed by atoms with E-state index in [-0.39, 0.29) is 27.7 Å². The third-order valence-corrected chi connectivity index (χ3v) is 0. The molecule has 0 rings (SSSR count). The van der Waals surface area contributed by atoms with Gasteiger partial charge in [0.2, 0.25) is 0 Å². The van der Waals surface area contributed by atoms with E-state index in [1.807, 2.05) is 0 Å². The van der Waals surface area contributed by atoms with Crippen LogP contribution in [0.4, 0.5) is 4.79 Å². The van der Waals surface area contributed by atoms with Gasteiger partial charge in [-0.2, -0.15) is 0 Å². The first-order valence-corrected chi connectivity index (χ1v) is 1.18. The number of carbonyl (C=O) groups is 1. The van der Waals surface area contributed by atoms with Crippen LogP contribution < -0.4 is 10.2 Å². The molecule has 0 atom stereocenters. The quantitative estimate of drug-likeness (QED) is 0.317. The Kier molecular flexibility index (Phi) is 68.7. The summed E-state index contributed by atoms with van der Waals surface area (Å²) in [4.78, 5) is 16.7. The zero-order valence-electron chi connectivity index (χ0n) is 4.72. The molecule has 0 fully saturated rings. The van der Waals surface area contributed by atoms with Gasteiger partial charge in [-0.15, -0.1) is 10.1 Å². The first kappa shape index (κ1) is 32.7. The molecule has 0 aliphatic heterocycles. The van der Waals surface area contributed by atoms with Crippen LogP contribution >= 0.6 is 0 Å². The molecular weight excluding hydrogens is 213 g/mol. The average Bonchev–Trinajstić information content (AvgIpc) is 1.25. The van der Waals surface area contributed by atoms with Gasteiger partial charge in [-0.25, -0.2) is 0 Å². The Morgan fingerprint density at radius 2 is 1.36 bits per heavy atom. The van der Waals surface area contributed by atoms with E-state index < -0.39 is 11.2 Å². The summed E-state index contributed by atoms with van der Waals surface area (Å²) >= 11 is 0. The normalized spacial score (nSPS) is 4.36. The number of carboxylic acid groups (broad SMARTS) is 2. The summed E-state index contributed by atoms with van der Waals surface area (Å²) in [6.45, 7) is 0. The Bertz CT molecular complexity index is 72.1. The van der Waals surface area contributed by atoms with Gasteiger partial charge >= 0.3 is 0 Å². The molecule has 11 heavy (non-hydrogen) atoms. The molecule has 0 saturated heterocycles. The second-order valence-electron chi connectivity index (χ2n) is 0.488. The van der Waals surface area contributed by atoms with E-state index >= 15 is 0 Å². The molecule has 0 spiro atoms. The van der Waals surface area contributed by atoms with Crippen molar-refractivity contribution in [3.8, 4) is 0 Å². The molecule has 0 aliphatic rings. The van der Waals surface area contributed by atoms with Gasteiger partial charge in [0.05, 0.1) is 0 Å². The maximum absolute atomic E-state index is 8.36. The first-order chi connectivity index (χ1) is 3.46. The topological polar surface area (TPSA) is 188 Å². The maximum Gasteiger partial charge on any atom is 0.291 e. The molecule has 0 unspecified atom stereocenters. The van der Waals surface area contributed by atoms with E-state index in [1.54, 1.807) is 0 Å². The number of carbonyl (C=O) groups excluding carboxylic acids is 1. The standard InChI is InChI=1S/CH2O3.Co.HNO3.2H2O/c2-1(3)4;;2-1(3)4;;/h(H2,2,3,4);;(H,2,3,4);2*1H2/p-3.